The van der Waals surface area contributed by atoms with Crippen molar-refractivity contribution in [3.05, 3.63) is 0 Å². The van der Waals surface area contributed by atoms with Crippen molar-refractivity contribution < 1.29 is 18.0 Å². The molecule has 0 aromatic rings. The lowest BCUT2D eigenvalue weighted by Gasteiger charge is -2.45. The van der Waals surface area contributed by atoms with Gasteiger partial charge in [0.25, 0.3) is 0 Å². The van der Waals surface area contributed by atoms with E-state index in [1.54, 1.807) is 6.92 Å². The van der Waals surface area contributed by atoms with Crippen molar-refractivity contribution in [1.29, 1.82) is 0 Å². The number of piperazine rings is 1. The van der Waals surface area contributed by atoms with E-state index in [1.807, 2.05) is 13.8 Å². The van der Waals surface area contributed by atoms with Gasteiger partial charge in [-0.3, -0.25) is 9.69 Å². The lowest BCUT2D eigenvalue weighted by Crippen LogP contribution is -2.62. The summed E-state index contributed by atoms with van der Waals surface area (Å²) in [6, 6.07) is -1.84. The van der Waals surface area contributed by atoms with E-state index >= 15 is 0 Å². The van der Waals surface area contributed by atoms with Crippen LogP contribution in [0, 0.1) is 5.92 Å². The summed E-state index contributed by atoms with van der Waals surface area (Å²) in [6.45, 7) is 5.64. The molecule has 1 amide bonds. The molecule has 0 aromatic heterocycles. The van der Waals surface area contributed by atoms with Crippen LogP contribution >= 0.6 is 0 Å². The minimum atomic E-state index is -4.30. The maximum Gasteiger partial charge on any atom is 0.405 e. The molecule has 19 heavy (non-hydrogen) atoms. The summed E-state index contributed by atoms with van der Waals surface area (Å²) in [5.41, 5.74) is 0. The molecule has 1 rings (SSSR count). The molecule has 1 aliphatic rings. The molecule has 112 valence electrons. The van der Waals surface area contributed by atoms with Crippen LogP contribution in [0.3, 0.4) is 0 Å². The molecule has 1 fully saturated rings. The lowest BCUT2D eigenvalue weighted by atomic mass is 9.99. The van der Waals surface area contributed by atoms with Gasteiger partial charge in [0.2, 0.25) is 5.91 Å². The lowest BCUT2D eigenvalue weighted by molar-refractivity contribution is -0.201. The minimum absolute atomic E-state index is 0.140. The molecule has 2 atom stereocenters. The number of nitrogens with zero attached hydrogens (tertiary/aromatic N) is 2. The number of hydrogen-bond acceptors (Lipinski definition) is 2. The van der Waals surface area contributed by atoms with Gasteiger partial charge in [-0.25, -0.2) is 0 Å². The average Bonchev–Trinajstić information content (AvgIpc) is 2.32. The van der Waals surface area contributed by atoms with Gasteiger partial charge in [-0.15, -0.1) is 0 Å². The molecule has 6 heteroatoms. The third-order valence-corrected chi connectivity index (χ3v) is 4.09. The predicted molar refractivity (Wildman–Crippen MR) is 67.7 cm³/mol. The Kier molecular flexibility index (Phi) is 5.24. The highest BCUT2D eigenvalue weighted by Gasteiger charge is 2.48. The first-order valence-corrected chi connectivity index (χ1v) is 6.79. The van der Waals surface area contributed by atoms with Gasteiger partial charge in [0.15, 0.2) is 0 Å². The van der Waals surface area contributed by atoms with Crippen molar-refractivity contribution in [2.75, 3.05) is 20.1 Å². The second kappa shape index (κ2) is 6.11. The number of carbonyl (C=O) groups is 1. The van der Waals surface area contributed by atoms with Crippen molar-refractivity contribution in [1.82, 2.24) is 9.80 Å². The van der Waals surface area contributed by atoms with E-state index in [0.29, 0.717) is 19.4 Å². The molecule has 0 N–H and O–H groups in total. The molecule has 1 saturated heterocycles. The summed E-state index contributed by atoms with van der Waals surface area (Å²) in [5, 5.41) is 0. The average molecular weight is 280 g/mol. The fourth-order valence-corrected chi connectivity index (χ4v) is 2.58. The van der Waals surface area contributed by atoms with Crippen LogP contribution in [-0.2, 0) is 4.79 Å². The summed E-state index contributed by atoms with van der Waals surface area (Å²) in [7, 11) is 1.47. The van der Waals surface area contributed by atoms with Crippen molar-refractivity contribution in [2.45, 2.75) is 51.9 Å². The number of alkyl halides is 3. The number of halogens is 3. The Morgan fingerprint density at radius 1 is 1.26 bits per heavy atom. The fourth-order valence-electron chi connectivity index (χ4n) is 2.58. The number of likely N-dealkylation sites (N-methyl/N-ethyl adjacent to an activating group) is 1. The van der Waals surface area contributed by atoms with Crippen molar-refractivity contribution >= 4 is 5.91 Å². The Labute approximate surface area is 112 Å². The molecule has 2 unspecified atom stereocenters. The van der Waals surface area contributed by atoms with Crippen molar-refractivity contribution in [3.8, 4) is 0 Å². The first-order chi connectivity index (χ1) is 8.72. The van der Waals surface area contributed by atoms with Crippen LogP contribution in [0.25, 0.3) is 0 Å². The van der Waals surface area contributed by atoms with E-state index in [9.17, 15) is 18.0 Å². The first-order valence-electron chi connectivity index (χ1n) is 6.79. The third-order valence-electron chi connectivity index (χ3n) is 4.09. The van der Waals surface area contributed by atoms with Gasteiger partial charge in [0.1, 0.15) is 6.04 Å². The highest BCUT2D eigenvalue weighted by molar-refractivity contribution is 5.79. The topological polar surface area (TPSA) is 23.6 Å². The predicted octanol–water partition coefficient (Wildman–Crippen LogP) is 2.52. The van der Waals surface area contributed by atoms with Crippen molar-refractivity contribution in [3.63, 3.8) is 0 Å². The van der Waals surface area contributed by atoms with Gasteiger partial charge in [0, 0.05) is 25.0 Å². The maximum atomic E-state index is 13.0. The van der Waals surface area contributed by atoms with E-state index in [1.165, 1.54) is 16.8 Å². The largest absolute Gasteiger partial charge is 0.405 e. The van der Waals surface area contributed by atoms with Gasteiger partial charge in [-0.05, 0) is 26.8 Å². The van der Waals surface area contributed by atoms with Crippen LogP contribution < -0.4 is 0 Å². The molecule has 0 spiro atoms. The molecule has 0 aliphatic carbocycles. The molecule has 1 heterocycles. The molecular formula is C13H23F3N2O. The smallest absolute Gasteiger partial charge is 0.339 e. The normalized spacial score (nSPS) is 26.0. The first kappa shape index (κ1) is 16.3. The Hall–Kier alpha value is -0.780. The Morgan fingerprint density at radius 3 is 2.21 bits per heavy atom. The maximum absolute atomic E-state index is 13.0. The zero-order valence-electron chi connectivity index (χ0n) is 12.0. The van der Waals surface area contributed by atoms with E-state index in [0.717, 1.165) is 0 Å². The number of hydrogen-bond donors (Lipinski definition) is 0. The van der Waals surface area contributed by atoms with Crippen LogP contribution in [-0.4, -0.2) is 54.1 Å². The molecule has 0 saturated carbocycles. The zero-order chi connectivity index (χ0) is 14.8. The Morgan fingerprint density at radius 2 is 1.79 bits per heavy atom. The Balaban J connectivity index is 2.85. The van der Waals surface area contributed by atoms with Gasteiger partial charge in [-0.1, -0.05) is 13.8 Å². The number of amides is 1. The van der Waals surface area contributed by atoms with Crippen LogP contribution in [0.4, 0.5) is 13.2 Å². The van der Waals surface area contributed by atoms with Crippen LogP contribution in [0.2, 0.25) is 0 Å². The summed E-state index contributed by atoms with van der Waals surface area (Å²) in [4.78, 5) is 14.9. The summed E-state index contributed by atoms with van der Waals surface area (Å²) in [6.07, 6.45) is -2.95. The molecule has 3 nitrogen and oxygen atoms in total. The van der Waals surface area contributed by atoms with Gasteiger partial charge in [0.05, 0.1) is 0 Å². The van der Waals surface area contributed by atoms with Gasteiger partial charge in [-0.2, -0.15) is 13.2 Å². The van der Waals surface area contributed by atoms with E-state index in [-0.39, 0.29) is 24.4 Å². The molecule has 0 radical (unpaired) electrons. The second-order valence-corrected chi connectivity index (χ2v) is 5.33. The van der Waals surface area contributed by atoms with E-state index in [4.69, 9.17) is 0 Å². The Bertz CT molecular complexity index is 316. The molecular weight excluding hydrogens is 257 g/mol. The van der Waals surface area contributed by atoms with Crippen LogP contribution in [0.1, 0.15) is 33.6 Å². The zero-order valence-corrected chi connectivity index (χ0v) is 12.0. The summed E-state index contributed by atoms with van der Waals surface area (Å²) < 4.78 is 39.0. The molecule has 0 bridgehead atoms. The van der Waals surface area contributed by atoms with Gasteiger partial charge >= 0.3 is 6.18 Å². The quantitative estimate of drug-likeness (QED) is 0.793. The van der Waals surface area contributed by atoms with E-state index in [2.05, 4.69) is 0 Å². The number of rotatable bonds is 3. The third kappa shape index (κ3) is 3.61. The molecule has 1 aliphatic heterocycles. The highest BCUT2D eigenvalue weighted by atomic mass is 19.4. The fraction of sp³-hybridized carbons (Fsp3) is 0.923. The molecule has 0 aromatic carbocycles. The number of carbonyl (C=O) groups excluding carboxylic acids is 1. The summed E-state index contributed by atoms with van der Waals surface area (Å²) in [5.74, 6) is -0.302. The van der Waals surface area contributed by atoms with Crippen molar-refractivity contribution in [2.24, 2.45) is 5.92 Å². The second-order valence-electron chi connectivity index (χ2n) is 5.33. The standard InChI is InChI=1S/C13H23F3N2O/c1-5-10(6-2)12(19)18-7-9(3)17(4)11(8-18)13(14,15)16/h9-11H,5-8H2,1-4H3. The van der Waals surface area contributed by atoms with E-state index < -0.39 is 12.2 Å². The van der Waals surface area contributed by atoms with Gasteiger partial charge < -0.3 is 4.90 Å². The SMILES string of the molecule is CCC(CC)C(=O)N1CC(C)N(C)C(C(F)(F)F)C1. The highest BCUT2D eigenvalue weighted by Crippen LogP contribution is 2.30. The monoisotopic (exact) mass is 280 g/mol. The minimum Gasteiger partial charge on any atom is -0.339 e. The van der Waals surface area contributed by atoms with Crippen LogP contribution in [0.5, 0.6) is 0 Å². The summed E-state index contributed by atoms with van der Waals surface area (Å²) >= 11 is 0. The van der Waals surface area contributed by atoms with Crippen LogP contribution in [0.15, 0.2) is 0 Å².